The first-order chi connectivity index (χ1) is 11.8. The Labute approximate surface area is 144 Å². The molecule has 0 saturated carbocycles. The summed E-state index contributed by atoms with van der Waals surface area (Å²) in [5.74, 6) is -2.24. The van der Waals surface area contributed by atoms with Crippen LogP contribution in [-0.2, 0) is 21.4 Å². The molecule has 0 bridgehead atoms. The van der Waals surface area contributed by atoms with Crippen molar-refractivity contribution in [2.75, 3.05) is 18.1 Å². The zero-order valence-electron chi connectivity index (χ0n) is 13.4. The van der Waals surface area contributed by atoms with Gasteiger partial charge in [-0.3, -0.25) is 9.78 Å². The molecule has 2 rings (SSSR count). The van der Waals surface area contributed by atoms with Gasteiger partial charge in [-0.05, 0) is 24.3 Å². The van der Waals surface area contributed by atoms with Gasteiger partial charge in [0.05, 0.1) is 24.2 Å². The van der Waals surface area contributed by atoms with E-state index in [1.54, 1.807) is 24.4 Å². The summed E-state index contributed by atoms with van der Waals surface area (Å²) in [5.41, 5.74) is 0.375. The summed E-state index contributed by atoms with van der Waals surface area (Å²) in [6.45, 7) is -0.0675. The van der Waals surface area contributed by atoms with Gasteiger partial charge in [-0.1, -0.05) is 6.07 Å². The molecule has 0 fully saturated rings. The fourth-order valence-corrected chi connectivity index (χ4v) is 2.85. The van der Waals surface area contributed by atoms with Gasteiger partial charge < -0.3 is 5.32 Å². The molecule has 25 heavy (non-hydrogen) atoms. The molecule has 0 aliphatic heterocycles. The van der Waals surface area contributed by atoms with Crippen LogP contribution in [0.4, 0.5) is 14.5 Å². The molecule has 1 amide bonds. The summed E-state index contributed by atoms with van der Waals surface area (Å²) >= 11 is 0. The number of sulfonamides is 1. The quantitative estimate of drug-likeness (QED) is 0.811. The maximum absolute atomic E-state index is 13.5. The predicted octanol–water partition coefficient (Wildman–Crippen LogP) is 2.15. The lowest BCUT2D eigenvalue weighted by atomic mass is 10.2. The second kappa shape index (κ2) is 8.13. The first-order valence-corrected chi connectivity index (χ1v) is 9.20. The minimum absolute atomic E-state index is 0.0257. The second-order valence-electron chi connectivity index (χ2n) is 5.34. The molecular weight excluding hydrogens is 352 g/mol. The van der Waals surface area contributed by atoms with E-state index in [4.69, 9.17) is 0 Å². The van der Waals surface area contributed by atoms with E-state index < -0.39 is 27.6 Å². The van der Waals surface area contributed by atoms with Crippen molar-refractivity contribution in [1.29, 1.82) is 0 Å². The first-order valence-electron chi connectivity index (χ1n) is 7.35. The summed E-state index contributed by atoms with van der Waals surface area (Å²) in [4.78, 5) is 16.0. The molecule has 0 spiro atoms. The van der Waals surface area contributed by atoms with Crippen LogP contribution in [0.3, 0.4) is 0 Å². The Kier molecular flexibility index (Phi) is 6.16. The number of benzene rings is 1. The normalized spacial score (nSPS) is 11.5. The predicted molar refractivity (Wildman–Crippen MR) is 89.1 cm³/mol. The van der Waals surface area contributed by atoms with Crippen LogP contribution in [0.25, 0.3) is 0 Å². The Morgan fingerprint density at radius 3 is 2.60 bits per heavy atom. The lowest BCUT2D eigenvalue weighted by Gasteiger charge is -2.19. The van der Waals surface area contributed by atoms with Crippen LogP contribution < -0.4 is 5.32 Å². The highest BCUT2D eigenvalue weighted by atomic mass is 32.2. The summed E-state index contributed by atoms with van der Waals surface area (Å²) in [5, 5.41) is 2.29. The van der Waals surface area contributed by atoms with Gasteiger partial charge in [0.2, 0.25) is 15.9 Å². The molecule has 0 aliphatic rings. The molecule has 0 radical (unpaired) electrons. The lowest BCUT2D eigenvalue weighted by Crippen LogP contribution is -2.33. The maximum Gasteiger partial charge on any atom is 0.225 e. The van der Waals surface area contributed by atoms with Gasteiger partial charge in [-0.15, -0.1) is 0 Å². The number of hydrogen-bond acceptors (Lipinski definition) is 4. The lowest BCUT2D eigenvalue weighted by molar-refractivity contribution is -0.116. The van der Waals surface area contributed by atoms with Gasteiger partial charge in [-0.2, -0.15) is 4.31 Å². The Balaban J connectivity index is 1.99. The Morgan fingerprint density at radius 1 is 1.24 bits per heavy atom. The van der Waals surface area contributed by atoms with E-state index in [0.717, 1.165) is 22.7 Å². The molecule has 1 aromatic heterocycles. The van der Waals surface area contributed by atoms with E-state index >= 15 is 0 Å². The standard InChI is InChI=1S/C16H17F2N3O3S/c1-25(23,24)21(11-13-4-2-3-8-19-13)9-7-16(22)20-15-6-5-12(17)10-14(15)18/h2-6,8,10H,7,9,11H2,1H3,(H,20,22). The number of halogens is 2. The van der Waals surface area contributed by atoms with Crippen molar-refractivity contribution in [3.63, 3.8) is 0 Å². The number of nitrogens with one attached hydrogen (secondary N) is 1. The molecule has 0 saturated heterocycles. The zero-order chi connectivity index (χ0) is 18.4. The van der Waals surface area contributed by atoms with Crippen molar-refractivity contribution >= 4 is 21.6 Å². The summed E-state index contributed by atoms with van der Waals surface area (Å²) in [6, 6.07) is 7.88. The Bertz CT molecular complexity index is 845. The maximum atomic E-state index is 13.5. The molecule has 6 nitrogen and oxygen atoms in total. The SMILES string of the molecule is CS(=O)(=O)N(CCC(=O)Nc1ccc(F)cc1F)Cc1ccccn1. The van der Waals surface area contributed by atoms with E-state index in [2.05, 4.69) is 10.3 Å². The molecule has 134 valence electrons. The molecule has 2 aromatic rings. The number of anilines is 1. The highest BCUT2D eigenvalue weighted by Gasteiger charge is 2.19. The van der Waals surface area contributed by atoms with Crippen LogP contribution in [0.5, 0.6) is 0 Å². The van der Waals surface area contributed by atoms with Crippen LogP contribution >= 0.6 is 0 Å². The monoisotopic (exact) mass is 369 g/mol. The van der Waals surface area contributed by atoms with Crippen LogP contribution in [0.2, 0.25) is 0 Å². The summed E-state index contributed by atoms with van der Waals surface area (Å²) in [6.07, 6.45) is 2.39. The molecule has 1 aromatic carbocycles. The minimum Gasteiger partial charge on any atom is -0.324 e. The molecule has 0 aliphatic carbocycles. The molecule has 9 heteroatoms. The summed E-state index contributed by atoms with van der Waals surface area (Å²) in [7, 11) is -3.56. The van der Waals surface area contributed by atoms with Crippen LogP contribution in [0.1, 0.15) is 12.1 Å². The van der Waals surface area contributed by atoms with Crippen LogP contribution in [-0.4, -0.2) is 36.4 Å². The highest BCUT2D eigenvalue weighted by molar-refractivity contribution is 7.88. The first kappa shape index (κ1) is 18.9. The van der Waals surface area contributed by atoms with Crippen LogP contribution in [0, 0.1) is 11.6 Å². The molecule has 0 atom stereocenters. The van der Waals surface area contributed by atoms with Gasteiger partial charge >= 0.3 is 0 Å². The third-order valence-electron chi connectivity index (χ3n) is 3.33. The number of nitrogens with zero attached hydrogens (tertiary/aromatic N) is 2. The number of amides is 1. The van der Waals surface area contributed by atoms with Gasteiger partial charge in [0.25, 0.3) is 0 Å². The number of rotatable bonds is 7. The van der Waals surface area contributed by atoms with Gasteiger partial charge in [-0.25, -0.2) is 17.2 Å². The molecular formula is C16H17F2N3O3S. The third-order valence-corrected chi connectivity index (χ3v) is 4.58. The number of carbonyl (C=O) groups excluding carboxylic acids is 1. The number of pyridine rings is 1. The molecule has 1 heterocycles. The Morgan fingerprint density at radius 2 is 2.00 bits per heavy atom. The van der Waals surface area contributed by atoms with E-state index in [0.29, 0.717) is 11.8 Å². The number of aromatic nitrogens is 1. The summed E-state index contributed by atoms with van der Waals surface area (Å²) < 4.78 is 51.2. The van der Waals surface area contributed by atoms with Gasteiger partial charge in [0.1, 0.15) is 11.6 Å². The van der Waals surface area contributed by atoms with E-state index in [1.165, 1.54) is 0 Å². The van der Waals surface area contributed by atoms with E-state index in [-0.39, 0.29) is 25.2 Å². The zero-order valence-corrected chi connectivity index (χ0v) is 14.3. The number of hydrogen-bond donors (Lipinski definition) is 1. The van der Waals surface area contributed by atoms with Crippen molar-refractivity contribution in [2.24, 2.45) is 0 Å². The Hall–Kier alpha value is -2.39. The van der Waals surface area contributed by atoms with Crippen molar-refractivity contribution in [2.45, 2.75) is 13.0 Å². The molecule has 1 N–H and O–H groups in total. The molecule has 0 unspecified atom stereocenters. The van der Waals surface area contributed by atoms with E-state index in [9.17, 15) is 22.0 Å². The highest BCUT2D eigenvalue weighted by Crippen LogP contribution is 2.15. The van der Waals surface area contributed by atoms with E-state index in [1.807, 2.05) is 0 Å². The van der Waals surface area contributed by atoms with Gasteiger partial charge in [0.15, 0.2) is 0 Å². The largest absolute Gasteiger partial charge is 0.324 e. The number of carbonyl (C=O) groups is 1. The van der Waals surface area contributed by atoms with Crippen LogP contribution in [0.15, 0.2) is 42.6 Å². The average molecular weight is 369 g/mol. The fraction of sp³-hybridized carbons (Fsp3) is 0.250. The fourth-order valence-electron chi connectivity index (χ4n) is 2.06. The third kappa shape index (κ3) is 5.87. The smallest absolute Gasteiger partial charge is 0.225 e. The van der Waals surface area contributed by atoms with Gasteiger partial charge in [0, 0.05) is 25.2 Å². The van der Waals surface area contributed by atoms with Crippen molar-refractivity contribution in [3.05, 3.63) is 59.9 Å². The van der Waals surface area contributed by atoms with Crippen molar-refractivity contribution in [3.8, 4) is 0 Å². The second-order valence-corrected chi connectivity index (χ2v) is 7.32. The topological polar surface area (TPSA) is 79.4 Å². The van der Waals surface area contributed by atoms with Crippen molar-refractivity contribution in [1.82, 2.24) is 9.29 Å². The minimum atomic E-state index is -3.56. The average Bonchev–Trinajstić information content (AvgIpc) is 2.54. The van der Waals surface area contributed by atoms with Crippen molar-refractivity contribution < 1.29 is 22.0 Å².